The Labute approximate surface area is 209 Å². The van der Waals surface area contributed by atoms with Crippen molar-refractivity contribution in [1.82, 2.24) is 9.47 Å². The average Bonchev–Trinajstić information content (AvgIpc) is 3.18. The maximum atomic E-state index is 11.5. The molecule has 4 rings (SSSR count). The lowest BCUT2D eigenvalue weighted by molar-refractivity contribution is 0.0691. The van der Waals surface area contributed by atoms with Gasteiger partial charge in [-0.2, -0.15) is 0 Å². The Bertz CT molecular complexity index is 1140. The highest BCUT2D eigenvalue weighted by Crippen LogP contribution is 2.35. The van der Waals surface area contributed by atoms with Crippen LogP contribution in [-0.2, 0) is 11.3 Å². The molecule has 6 nitrogen and oxygen atoms in total. The lowest BCUT2D eigenvalue weighted by atomic mass is 9.89. The molecule has 0 bridgehead atoms. The molecule has 1 saturated heterocycles. The number of likely N-dealkylation sites (tertiary alicyclic amines) is 1. The normalized spacial score (nSPS) is 15.1. The van der Waals surface area contributed by atoms with Gasteiger partial charge in [0.05, 0.1) is 6.61 Å². The summed E-state index contributed by atoms with van der Waals surface area (Å²) in [5.74, 6) is 0.0240. The zero-order chi connectivity index (χ0) is 24.1. The summed E-state index contributed by atoms with van der Waals surface area (Å²) < 4.78 is 14.9. The van der Waals surface area contributed by atoms with E-state index in [1.807, 2.05) is 19.9 Å². The molecular formula is C27H33BrN2O4. The number of aromatic nitrogens is 1. The maximum absolute atomic E-state index is 11.5. The number of fused-ring (bicyclic) bond motifs is 1. The molecule has 1 aromatic heterocycles. The van der Waals surface area contributed by atoms with Crippen LogP contribution in [0.3, 0.4) is 0 Å². The highest BCUT2D eigenvalue weighted by atomic mass is 79.9. The van der Waals surface area contributed by atoms with Crippen LogP contribution in [0.4, 0.5) is 0 Å². The van der Waals surface area contributed by atoms with E-state index < -0.39 is 5.97 Å². The number of benzene rings is 2. The number of nitrogens with zero attached hydrogens (tertiary/aromatic N) is 2. The predicted octanol–water partition coefficient (Wildman–Crippen LogP) is 5.71. The van der Waals surface area contributed by atoms with Crippen molar-refractivity contribution >= 4 is 32.8 Å². The molecule has 1 aliphatic heterocycles. The van der Waals surface area contributed by atoms with Crippen LogP contribution in [-0.4, -0.2) is 60.0 Å². The predicted molar refractivity (Wildman–Crippen MR) is 138 cm³/mol. The first-order valence-electron chi connectivity index (χ1n) is 12.0. The zero-order valence-electron chi connectivity index (χ0n) is 19.9. The molecule has 1 fully saturated rings. The number of aromatic carboxylic acids is 1. The van der Waals surface area contributed by atoms with Gasteiger partial charge in [0.1, 0.15) is 17.9 Å². The van der Waals surface area contributed by atoms with Crippen LogP contribution in [0.25, 0.3) is 10.9 Å². The van der Waals surface area contributed by atoms with E-state index >= 15 is 0 Å². The summed E-state index contributed by atoms with van der Waals surface area (Å²) in [5.41, 5.74) is 3.83. The van der Waals surface area contributed by atoms with E-state index in [0.29, 0.717) is 18.3 Å². The van der Waals surface area contributed by atoms with Crippen molar-refractivity contribution < 1.29 is 19.4 Å². The second-order valence-electron chi connectivity index (χ2n) is 8.91. The summed E-state index contributed by atoms with van der Waals surface area (Å²) in [7, 11) is 0. The molecule has 0 saturated carbocycles. The van der Waals surface area contributed by atoms with Gasteiger partial charge in [0.25, 0.3) is 0 Å². The lowest BCUT2D eigenvalue weighted by Crippen LogP contribution is -2.35. The van der Waals surface area contributed by atoms with Gasteiger partial charge < -0.3 is 19.1 Å². The number of piperidine rings is 1. The number of halogens is 1. The summed E-state index contributed by atoms with van der Waals surface area (Å²) in [6, 6.07) is 11.9. The Morgan fingerprint density at radius 3 is 2.65 bits per heavy atom. The molecule has 1 aliphatic rings. The molecule has 2 aromatic carbocycles. The molecule has 7 heteroatoms. The van der Waals surface area contributed by atoms with Crippen molar-refractivity contribution in [3.8, 4) is 5.75 Å². The molecule has 0 radical (unpaired) electrons. The van der Waals surface area contributed by atoms with Crippen molar-refractivity contribution in [2.45, 2.75) is 39.2 Å². The van der Waals surface area contributed by atoms with Crippen LogP contribution < -0.4 is 4.74 Å². The summed E-state index contributed by atoms with van der Waals surface area (Å²) in [5, 5.41) is 10.8. The second-order valence-corrected chi connectivity index (χ2v) is 9.82. The van der Waals surface area contributed by atoms with Crippen LogP contribution in [0, 0.1) is 6.92 Å². The van der Waals surface area contributed by atoms with Crippen LogP contribution >= 0.6 is 15.9 Å². The molecule has 182 valence electrons. The van der Waals surface area contributed by atoms with Gasteiger partial charge in [-0.1, -0.05) is 33.6 Å². The van der Waals surface area contributed by atoms with Gasteiger partial charge in [-0.3, -0.25) is 4.90 Å². The van der Waals surface area contributed by atoms with E-state index in [4.69, 9.17) is 9.47 Å². The zero-order valence-corrected chi connectivity index (χ0v) is 21.5. The van der Waals surface area contributed by atoms with E-state index in [2.05, 4.69) is 49.8 Å². The first kappa shape index (κ1) is 24.8. The summed E-state index contributed by atoms with van der Waals surface area (Å²) in [6.45, 7) is 9.52. The van der Waals surface area contributed by atoms with Crippen molar-refractivity contribution in [2.24, 2.45) is 0 Å². The third-order valence-electron chi connectivity index (χ3n) is 6.61. The summed E-state index contributed by atoms with van der Waals surface area (Å²) >= 11 is 3.62. The fraction of sp³-hybridized carbons (Fsp3) is 0.444. The summed E-state index contributed by atoms with van der Waals surface area (Å²) in [4.78, 5) is 13.9. The Kier molecular flexibility index (Phi) is 8.29. The number of rotatable bonds is 10. The topological polar surface area (TPSA) is 63.9 Å². The van der Waals surface area contributed by atoms with Crippen LogP contribution in [0.5, 0.6) is 5.75 Å². The van der Waals surface area contributed by atoms with Crippen LogP contribution in [0.1, 0.15) is 47.2 Å². The number of hydrogen-bond acceptors (Lipinski definition) is 4. The molecular weight excluding hydrogens is 496 g/mol. The second kappa shape index (κ2) is 11.4. The summed E-state index contributed by atoms with van der Waals surface area (Å²) in [6.07, 6.45) is 4.53. The van der Waals surface area contributed by atoms with Gasteiger partial charge in [-0.05, 0) is 75.5 Å². The van der Waals surface area contributed by atoms with Crippen LogP contribution in [0.2, 0.25) is 0 Å². The molecule has 1 N–H and O–H groups in total. The van der Waals surface area contributed by atoms with Crippen LogP contribution in [0.15, 0.2) is 47.1 Å². The Morgan fingerprint density at radius 1 is 1.12 bits per heavy atom. The quantitative estimate of drug-likeness (QED) is 0.341. The molecule has 2 heterocycles. The van der Waals surface area contributed by atoms with E-state index in [0.717, 1.165) is 62.3 Å². The number of carboxylic acids is 1. The van der Waals surface area contributed by atoms with E-state index in [9.17, 15) is 9.90 Å². The minimum absolute atomic E-state index is 0.228. The fourth-order valence-corrected chi connectivity index (χ4v) is 5.15. The number of aryl methyl sites for hydroxylation is 1. The standard InChI is InChI=1S/C27H33BrN2O4/c1-3-33-14-13-30-18-24(22-6-5-21(28)17-25(22)30)20-8-10-29(11-9-20)12-15-34-26-7-4-19(2)16-23(26)27(31)32/h4-7,16-18,20H,3,8-15H2,1-2H3,(H,31,32). The monoisotopic (exact) mass is 528 g/mol. The minimum atomic E-state index is -0.952. The molecule has 0 spiro atoms. The van der Waals surface area contributed by atoms with E-state index in [-0.39, 0.29) is 5.56 Å². The minimum Gasteiger partial charge on any atom is -0.491 e. The molecule has 0 amide bonds. The largest absolute Gasteiger partial charge is 0.491 e. The van der Waals surface area contributed by atoms with E-state index in [1.165, 1.54) is 16.5 Å². The molecule has 0 unspecified atom stereocenters. The van der Waals surface area contributed by atoms with Crippen molar-refractivity contribution in [1.29, 1.82) is 0 Å². The lowest BCUT2D eigenvalue weighted by Gasteiger charge is -2.31. The molecule has 3 aromatic rings. The van der Waals surface area contributed by atoms with Crippen molar-refractivity contribution in [2.75, 3.05) is 39.5 Å². The SMILES string of the molecule is CCOCCn1cc(C2CCN(CCOc3ccc(C)cc3C(=O)O)CC2)c2ccc(Br)cc21. The van der Waals surface area contributed by atoms with Crippen molar-refractivity contribution in [3.05, 3.63) is 63.8 Å². The molecule has 34 heavy (non-hydrogen) atoms. The van der Waals surface area contributed by atoms with Gasteiger partial charge in [0.15, 0.2) is 0 Å². The van der Waals surface area contributed by atoms with Gasteiger partial charge in [0, 0.05) is 41.3 Å². The Balaban J connectivity index is 1.35. The molecule has 0 atom stereocenters. The smallest absolute Gasteiger partial charge is 0.339 e. The fourth-order valence-electron chi connectivity index (χ4n) is 4.80. The number of hydrogen-bond donors (Lipinski definition) is 1. The average molecular weight is 529 g/mol. The van der Waals surface area contributed by atoms with Gasteiger partial charge in [-0.25, -0.2) is 4.79 Å². The number of carbonyl (C=O) groups is 1. The number of carboxylic acid groups (broad SMARTS) is 1. The Morgan fingerprint density at radius 2 is 1.91 bits per heavy atom. The first-order valence-corrected chi connectivity index (χ1v) is 12.8. The number of ether oxygens (including phenoxy) is 2. The van der Waals surface area contributed by atoms with Gasteiger partial charge >= 0.3 is 5.97 Å². The van der Waals surface area contributed by atoms with Crippen molar-refractivity contribution in [3.63, 3.8) is 0 Å². The van der Waals surface area contributed by atoms with Gasteiger partial charge in [-0.15, -0.1) is 0 Å². The highest BCUT2D eigenvalue weighted by molar-refractivity contribution is 9.10. The highest BCUT2D eigenvalue weighted by Gasteiger charge is 2.24. The van der Waals surface area contributed by atoms with Gasteiger partial charge in [0.2, 0.25) is 0 Å². The van der Waals surface area contributed by atoms with E-state index in [1.54, 1.807) is 12.1 Å². The molecule has 0 aliphatic carbocycles. The maximum Gasteiger partial charge on any atom is 0.339 e. The Hall–Kier alpha value is -2.35. The third-order valence-corrected chi connectivity index (χ3v) is 7.11. The third kappa shape index (κ3) is 5.82. The first-order chi connectivity index (χ1) is 16.5.